The van der Waals surface area contributed by atoms with Gasteiger partial charge in [-0.2, -0.15) is 0 Å². The van der Waals surface area contributed by atoms with E-state index in [1.54, 1.807) is 48.5 Å². The summed E-state index contributed by atoms with van der Waals surface area (Å²) in [4.78, 5) is 24.0. The molecule has 2 aromatic rings. The fourth-order valence-electron chi connectivity index (χ4n) is 2.13. The highest BCUT2D eigenvalue weighted by molar-refractivity contribution is 7.80. The molecular formula is C18H19N3O3S. The van der Waals surface area contributed by atoms with Gasteiger partial charge in [0.2, 0.25) is 0 Å². The average molecular weight is 357 g/mol. The van der Waals surface area contributed by atoms with Crippen LogP contribution in [0, 0.1) is 0 Å². The quantitative estimate of drug-likeness (QED) is 0.717. The molecule has 0 saturated heterocycles. The molecule has 0 aliphatic heterocycles. The largest absolute Gasteiger partial charge is 0.496 e. The molecule has 0 aliphatic carbocycles. The average Bonchev–Trinajstić information content (AvgIpc) is 2.62. The topological polar surface area (TPSA) is 79.5 Å². The van der Waals surface area contributed by atoms with Crippen LogP contribution in [0.25, 0.3) is 0 Å². The minimum Gasteiger partial charge on any atom is -0.496 e. The minimum absolute atomic E-state index is 0.138. The molecular weight excluding hydrogens is 338 g/mol. The van der Waals surface area contributed by atoms with Gasteiger partial charge in [0.25, 0.3) is 11.8 Å². The van der Waals surface area contributed by atoms with Crippen molar-refractivity contribution in [3.8, 4) is 5.75 Å². The maximum atomic E-state index is 12.3. The summed E-state index contributed by atoms with van der Waals surface area (Å²) in [5, 5.41) is 8.38. The van der Waals surface area contributed by atoms with Crippen molar-refractivity contribution in [1.82, 2.24) is 10.6 Å². The van der Waals surface area contributed by atoms with Crippen molar-refractivity contribution in [2.75, 3.05) is 19.0 Å². The first-order valence-corrected chi connectivity index (χ1v) is 8.09. The second-order valence-corrected chi connectivity index (χ2v) is 5.45. The first-order chi connectivity index (χ1) is 12.0. The van der Waals surface area contributed by atoms with Gasteiger partial charge in [-0.15, -0.1) is 0 Å². The molecule has 6 nitrogen and oxygen atoms in total. The van der Waals surface area contributed by atoms with Crippen molar-refractivity contribution < 1.29 is 14.3 Å². The highest BCUT2D eigenvalue weighted by atomic mass is 32.1. The zero-order valence-electron chi connectivity index (χ0n) is 14.0. The minimum atomic E-state index is -0.367. The Morgan fingerprint density at radius 1 is 1.04 bits per heavy atom. The van der Waals surface area contributed by atoms with Crippen molar-refractivity contribution in [1.29, 1.82) is 0 Å². The molecule has 0 radical (unpaired) electrons. The van der Waals surface area contributed by atoms with Crippen LogP contribution in [0.4, 0.5) is 5.69 Å². The Hall–Kier alpha value is -2.93. The fourth-order valence-corrected chi connectivity index (χ4v) is 2.34. The van der Waals surface area contributed by atoms with Crippen LogP contribution < -0.4 is 20.7 Å². The van der Waals surface area contributed by atoms with E-state index in [2.05, 4.69) is 16.0 Å². The third-order valence-corrected chi connectivity index (χ3v) is 3.53. The van der Waals surface area contributed by atoms with Crippen LogP contribution in [-0.4, -0.2) is 30.6 Å². The summed E-state index contributed by atoms with van der Waals surface area (Å²) in [6.45, 7) is 2.43. The van der Waals surface area contributed by atoms with Crippen molar-refractivity contribution >= 4 is 34.8 Å². The third-order valence-electron chi connectivity index (χ3n) is 3.32. The Labute approximate surface area is 151 Å². The van der Waals surface area contributed by atoms with Gasteiger partial charge in [-0.05, 0) is 55.5 Å². The smallest absolute Gasteiger partial charge is 0.261 e. The van der Waals surface area contributed by atoms with Gasteiger partial charge in [-0.25, -0.2) is 0 Å². The Kier molecular flexibility index (Phi) is 6.47. The molecule has 0 saturated carbocycles. The molecule has 2 rings (SSSR count). The standard InChI is InChI=1S/C18H19N3O3S/c1-3-19-16(22)12-8-10-13(11-9-12)20-18(25)21-17(23)14-6-4-5-7-15(14)24-2/h4-11H,3H2,1-2H3,(H,19,22)(H2,20,21,23,25). The van der Waals surface area contributed by atoms with Gasteiger partial charge in [0, 0.05) is 17.8 Å². The van der Waals surface area contributed by atoms with Crippen LogP contribution in [0.1, 0.15) is 27.6 Å². The Bertz CT molecular complexity index is 775. The first kappa shape index (κ1) is 18.4. The number of benzene rings is 2. The number of carbonyl (C=O) groups is 2. The molecule has 7 heteroatoms. The number of carbonyl (C=O) groups excluding carboxylic acids is 2. The van der Waals surface area contributed by atoms with E-state index < -0.39 is 0 Å². The van der Waals surface area contributed by atoms with E-state index in [1.165, 1.54) is 7.11 Å². The van der Waals surface area contributed by atoms with Gasteiger partial charge in [0.1, 0.15) is 5.75 Å². The van der Waals surface area contributed by atoms with Crippen LogP contribution in [0.15, 0.2) is 48.5 Å². The van der Waals surface area contributed by atoms with Crippen LogP contribution in [0.5, 0.6) is 5.75 Å². The lowest BCUT2D eigenvalue weighted by molar-refractivity contribution is 0.0952. The van der Waals surface area contributed by atoms with Crippen LogP contribution >= 0.6 is 12.2 Å². The molecule has 0 aliphatic rings. The zero-order chi connectivity index (χ0) is 18.2. The predicted octanol–water partition coefficient (Wildman–Crippen LogP) is 2.57. The molecule has 0 spiro atoms. The summed E-state index contributed by atoms with van der Waals surface area (Å²) >= 11 is 5.15. The number of para-hydroxylation sites is 1. The highest BCUT2D eigenvalue weighted by Gasteiger charge is 2.13. The number of rotatable bonds is 5. The maximum Gasteiger partial charge on any atom is 0.261 e. The molecule has 0 fully saturated rings. The maximum absolute atomic E-state index is 12.3. The molecule has 0 aromatic heterocycles. The number of hydrogen-bond donors (Lipinski definition) is 3. The van der Waals surface area contributed by atoms with E-state index in [-0.39, 0.29) is 16.9 Å². The lowest BCUT2D eigenvalue weighted by atomic mass is 10.2. The predicted molar refractivity (Wildman–Crippen MR) is 101 cm³/mol. The number of ether oxygens (including phenoxy) is 1. The lowest BCUT2D eigenvalue weighted by Gasteiger charge is -2.12. The molecule has 0 atom stereocenters. The first-order valence-electron chi connectivity index (χ1n) is 7.68. The fraction of sp³-hybridized carbons (Fsp3) is 0.167. The monoisotopic (exact) mass is 357 g/mol. The van der Waals surface area contributed by atoms with E-state index in [0.717, 1.165) is 0 Å². The number of anilines is 1. The Morgan fingerprint density at radius 2 is 1.72 bits per heavy atom. The zero-order valence-corrected chi connectivity index (χ0v) is 14.8. The second kappa shape index (κ2) is 8.79. The van der Waals surface area contributed by atoms with Gasteiger partial charge < -0.3 is 15.4 Å². The number of amides is 2. The van der Waals surface area contributed by atoms with E-state index in [1.807, 2.05) is 6.92 Å². The molecule has 2 amide bonds. The van der Waals surface area contributed by atoms with Crippen LogP contribution in [-0.2, 0) is 0 Å². The molecule has 25 heavy (non-hydrogen) atoms. The van der Waals surface area contributed by atoms with Crippen LogP contribution in [0.3, 0.4) is 0 Å². The van der Waals surface area contributed by atoms with Gasteiger partial charge in [0.15, 0.2) is 5.11 Å². The van der Waals surface area contributed by atoms with Crippen molar-refractivity contribution in [3.05, 3.63) is 59.7 Å². The van der Waals surface area contributed by atoms with E-state index >= 15 is 0 Å². The number of methoxy groups -OCH3 is 1. The SMILES string of the molecule is CCNC(=O)c1ccc(NC(=S)NC(=O)c2ccccc2OC)cc1. The summed E-state index contributed by atoms with van der Waals surface area (Å²) in [5.41, 5.74) is 1.61. The highest BCUT2D eigenvalue weighted by Crippen LogP contribution is 2.17. The van der Waals surface area contributed by atoms with Crippen molar-refractivity contribution in [2.24, 2.45) is 0 Å². The Balaban J connectivity index is 1.98. The molecule has 130 valence electrons. The summed E-state index contributed by atoms with van der Waals surface area (Å²) in [5.74, 6) is -0.0379. The summed E-state index contributed by atoms with van der Waals surface area (Å²) in [6.07, 6.45) is 0. The van der Waals surface area contributed by atoms with Gasteiger partial charge in [0.05, 0.1) is 12.7 Å². The van der Waals surface area contributed by atoms with Gasteiger partial charge in [-0.3, -0.25) is 14.9 Å². The summed E-state index contributed by atoms with van der Waals surface area (Å²) < 4.78 is 5.16. The molecule has 0 bridgehead atoms. The number of hydrogen-bond acceptors (Lipinski definition) is 4. The normalized spacial score (nSPS) is 9.84. The van der Waals surface area contributed by atoms with Gasteiger partial charge >= 0.3 is 0 Å². The molecule has 3 N–H and O–H groups in total. The molecule has 0 unspecified atom stereocenters. The van der Waals surface area contributed by atoms with Crippen molar-refractivity contribution in [2.45, 2.75) is 6.92 Å². The van der Waals surface area contributed by atoms with Crippen molar-refractivity contribution in [3.63, 3.8) is 0 Å². The van der Waals surface area contributed by atoms with E-state index in [9.17, 15) is 9.59 Å². The molecule has 2 aromatic carbocycles. The molecule has 0 heterocycles. The van der Waals surface area contributed by atoms with E-state index in [0.29, 0.717) is 29.1 Å². The lowest BCUT2D eigenvalue weighted by Crippen LogP contribution is -2.34. The van der Waals surface area contributed by atoms with E-state index in [4.69, 9.17) is 17.0 Å². The number of thiocarbonyl (C=S) groups is 1. The Morgan fingerprint density at radius 3 is 2.36 bits per heavy atom. The summed E-state index contributed by atoms with van der Waals surface area (Å²) in [7, 11) is 1.50. The van der Waals surface area contributed by atoms with Gasteiger partial charge in [-0.1, -0.05) is 12.1 Å². The number of nitrogens with one attached hydrogen (secondary N) is 3. The third kappa shape index (κ3) is 5.02. The second-order valence-electron chi connectivity index (χ2n) is 5.05. The summed E-state index contributed by atoms with van der Waals surface area (Å²) in [6, 6.07) is 13.7. The van der Waals surface area contributed by atoms with Crippen LogP contribution in [0.2, 0.25) is 0 Å².